The van der Waals surface area contributed by atoms with Crippen LogP contribution in [0.5, 0.6) is 0 Å². The molecule has 1 amide bonds. The molecule has 146 valence electrons. The van der Waals surface area contributed by atoms with Crippen LogP contribution < -0.4 is 10.6 Å². The highest BCUT2D eigenvalue weighted by atomic mass is 35.5. The highest BCUT2D eigenvalue weighted by Gasteiger charge is 2.26. The van der Waals surface area contributed by atoms with Gasteiger partial charge in [-0.2, -0.15) is 5.10 Å². The number of amides is 1. The summed E-state index contributed by atoms with van der Waals surface area (Å²) in [6.07, 6.45) is 3.94. The average molecular weight is 416 g/mol. The van der Waals surface area contributed by atoms with Gasteiger partial charge in [-0.05, 0) is 30.7 Å². The van der Waals surface area contributed by atoms with Gasteiger partial charge in [-0.3, -0.25) is 15.2 Å². The van der Waals surface area contributed by atoms with Gasteiger partial charge in [0.05, 0.1) is 5.69 Å². The van der Waals surface area contributed by atoms with Crippen LogP contribution in [0.3, 0.4) is 0 Å². The number of hydrogen-bond acceptors (Lipinski definition) is 5. The third-order valence-corrected chi connectivity index (χ3v) is 6.49. The van der Waals surface area contributed by atoms with E-state index in [0.717, 1.165) is 49.2 Å². The van der Waals surface area contributed by atoms with Crippen molar-refractivity contribution < 1.29 is 4.79 Å². The van der Waals surface area contributed by atoms with Crippen molar-refractivity contribution in [3.05, 3.63) is 63.4 Å². The lowest BCUT2D eigenvalue weighted by molar-refractivity contribution is 0.102. The predicted octanol–water partition coefficient (Wildman–Crippen LogP) is 3.46. The van der Waals surface area contributed by atoms with Gasteiger partial charge in [0.25, 0.3) is 5.91 Å². The summed E-state index contributed by atoms with van der Waals surface area (Å²) in [5.74, 6) is 0.356. The van der Waals surface area contributed by atoms with E-state index >= 15 is 0 Å². The van der Waals surface area contributed by atoms with Gasteiger partial charge in [0, 0.05) is 35.6 Å². The van der Waals surface area contributed by atoms with Crippen LogP contribution >= 0.6 is 23.7 Å². The Morgan fingerprint density at radius 1 is 1.21 bits per heavy atom. The quantitative estimate of drug-likeness (QED) is 0.611. The Kier molecular flexibility index (Phi) is 5.48. The van der Waals surface area contributed by atoms with E-state index in [-0.39, 0.29) is 18.3 Å². The number of halogens is 1. The second kappa shape index (κ2) is 8.03. The molecular formula is C20H22ClN5OS. The number of nitrogens with zero attached hydrogens (tertiary/aromatic N) is 2. The summed E-state index contributed by atoms with van der Waals surface area (Å²) >= 11 is 1.60. The molecule has 0 fully saturated rings. The number of aromatic nitrogens is 3. The lowest BCUT2D eigenvalue weighted by atomic mass is 9.85. The summed E-state index contributed by atoms with van der Waals surface area (Å²) in [6.45, 7) is 1.60. The van der Waals surface area contributed by atoms with Gasteiger partial charge in [-0.1, -0.05) is 30.3 Å². The summed E-state index contributed by atoms with van der Waals surface area (Å²) in [4.78, 5) is 18.7. The summed E-state index contributed by atoms with van der Waals surface area (Å²) in [5.41, 5.74) is 5.03. The smallest absolute Gasteiger partial charge is 0.278 e. The summed E-state index contributed by atoms with van der Waals surface area (Å²) < 4.78 is 0. The van der Waals surface area contributed by atoms with Crippen molar-refractivity contribution >= 4 is 34.8 Å². The van der Waals surface area contributed by atoms with Gasteiger partial charge in [-0.25, -0.2) is 4.98 Å². The first kappa shape index (κ1) is 19.1. The topological polar surface area (TPSA) is 82.7 Å². The number of aromatic amines is 1. The fraction of sp³-hybridized carbons (Fsp3) is 0.350. The maximum absolute atomic E-state index is 12.7. The van der Waals surface area contributed by atoms with E-state index in [1.807, 2.05) is 0 Å². The van der Waals surface area contributed by atoms with Crippen molar-refractivity contribution in [1.29, 1.82) is 0 Å². The number of aryl methyl sites for hydroxylation is 1. The van der Waals surface area contributed by atoms with E-state index < -0.39 is 0 Å². The van der Waals surface area contributed by atoms with Crippen LogP contribution in [0.25, 0.3) is 0 Å². The van der Waals surface area contributed by atoms with Crippen LogP contribution in [-0.2, 0) is 25.8 Å². The van der Waals surface area contributed by atoms with Gasteiger partial charge in [0.2, 0.25) is 0 Å². The van der Waals surface area contributed by atoms with Crippen LogP contribution in [-0.4, -0.2) is 27.6 Å². The molecule has 3 N–H and O–H groups in total. The summed E-state index contributed by atoms with van der Waals surface area (Å²) in [7, 11) is 0. The first-order valence-corrected chi connectivity index (χ1v) is 10.2. The van der Waals surface area contributed by atoms with Crippen LogP contribution in [0, 0.1) is 0 Å². The second-order valence-electron chi connectivity index (χ2n) is 7.15. The van der Waals surface area contributed by atoms with Crippen LogP contribution in [0.1, 0.15) is 50.2 Å². The van der Waals surface area contributed by atoms with E-state index in [9.17, 15) is 4.79 Å². The molecule has 1 aromatic carbocycles. The minimum absolute atomic E-state index is 0. The maximum Gasteiger partial charge on any atom is 0.278 e. The lowest BCUT2D eigenvalue weighted by Crippen LogP contribution is -2.25. The standard InChI is InChI=1S/C20H21N5OS.ClH/c26-19(18-14-11-21-9-8-15(14)24-25-18)23-20-22-16-7-6-13(10-17(16)27-20)12-4-2-1-3-5-12;/h1-5,13,21H,6-11H2,(H,24,25)(H,22,23,26);1H. The lowest BCUT2D eigenvalue weighted by Gasteiger charge is -2.21. The van der Waals surface area contributed by atoms with Crippen molar-refractivity contribution in [2.45, 2.75) is 38.1 Å². The zero-order chi connectivity index (χ0) is 18.2. The molecular weight excluding hydrogens is 394 g/mol. The Bertz CT molecular complexity index is 984. The number of nitrogens with one attached hydrogen (secondary N) is 3. The largest absolute Gasteiger partial charge is 0.312 e. The van der Waals surface area contributed by atoms with Crippen LogP contribution in [0.2, 0.25) is 0 Å². The number of anilines is 1. The highest BCUT2D eigenvalue weighted by Crippen LogP contribution is 2.37. The molecule has 3 aromatic rings. The van der Waals surface area contributed by atoms with Gasteiger partial charge >= 0.3 is 0 Å². The summed E-state index contributed by atoms with van der Waals surface area (Å²) in [6, 6.07) is 10.7. The molecule has 8 heteroatoms. The number of benzene rings is 1. The van der Waals surface area contributed by atoms with Crippen molar-refractivity contribution in [2.24, 2.45) is 0 Å². The number of fused-ring (bicyclic) bond motifs is 2. The maximum atomic E-state index is 12.7. The van der Waals surface area contributed by atoms with Crippen molar-refractivity contribution in [2.75, 3.05) is 11.9 Å². The van der Waals surface area contributed by atoms with Crippen molar-refractivity contribution in [1.82, 2.24) is 20.5 Å². The molecule has 0 spiro atoms. The Labute approximate surface area is 173 Å². The van der Waals surface area contributed by atoms with E-state index in [0.29, 0.717) is 23.3 Å². The Morgan fingerprint density at radius 3 is 2.93 bits per heavy atom. The number of H-pyrrole nitrogens is 1. The SMILES string of the molecule is Cl.O=C(Nc1nc2c(s1)CC(c1ccccc1)CC2)c1n[nH]c2c1CNCC2. The minimum atomic E-state index is -0.179. The number of carbonyl (C=O) groups is 1. The van der Waals surface area contributed by atoms with Gasteiger partial charge in [0.15, 0.2) is 10.8 Å². The fourth-order valence-electron chi connectivity index (χ4n) is 4.01. The molecule has 1 aliphatic heterocycles. The molecule has 0 bridgehead atoms. The third-order valence-electron chi connectivity index (χ3n) is 5.45. The van der Waals surface area contributed by atoms with Crippen molar-refractivity contribution in [3.63, 3.8) is 0 Å². The molecule has 1 unspecified atom stereocenters. The predicted molar refractivity (Wildman–Crippen MR) is 113 cm³/mol. The highest BCUT2D eigenvalue weighted by molar-refractivity contribution is 7.15. The monoisotopic (exact) mass is 415 g/mol. The Hall–Kier alpha value is -2.22. The van der Waals surface area contributed by atoms with E-state index in [1.165, 1.54) is 10.4 Å². The van der Waals surface area contributed by atoms with Gasteiger partial charge < -0.3 is 5.32 Å². The number of hydrogen-bond donors (Lipinski definition) is 3. The molecule has 6 nitrogen and oxygen atoms in total. The molecule has 0 saturated carbocycles. The molecule has 0 radical (unpaired) electrons. The van der Waals surface area contributed by atoms with Gasteiger partial charge in [0.1, 0.15) is 0 Å². The molecule has 0 saturated heterocycles. The normalized spacial score (nSPS) is 17.9. The first-order valence-electron chi connectivity index (χ1n) is 9.39. The van der Waals surface area contributed by atoms with E-state index in [2.05, 4.69) is 56.1 Å². The number of rotatable bonds is 3. The van der Waals surface area contributed by atoms with Crippen LogP contribution in [0.15, 0.2) is 30.3 Å². The first-order chi connectivity index (χ1) is 13.3. The Morgan fingerprint density at radius 2 is 2.07 bits per heavy atom. The zero-order valence-corrected chi connectivity index (χ0v) is 17.0. The molecule has 2 aromatic heterocycles. The number of thiazole rings is 1. The minimum Gasteiger partial charge on any atom is -0.312 e. The molecule has 5 rings (SSSR count). The molecule has 2 aliphatic rings. The average Bonchev–Trinajstić information content (AvgIpc) is 3.31. The third kappa shape index (κ3) is 3.57. The second-order valence-corrected chi connectivity index (χ2v) is 8.23. The zero-order valence-electron chi connectivity index (χ0n) is 15.3. The van der Waals surface area contributed by atoms with Gasteiger partial charge in [-0.15, -0.1) is 23.7 Å². The summed E-state index contributed by atoms with van der Waals surface area (Å²) in [5, 5.41) is 14.2. The van der Waals surface area contributed by atoms with E-state index in [1.54, 1.807) is 11.3 Å². The van der Waals surface area contributed by atoms with Crippen molar-refractivity contribution in [3.8, 4) is 0 Å². The Balaban J connectivity index is 0.00000192. The van der Waals surface area contributed by atoms with Crippen LogP contribution in [0.4, 0.5) is 5.13 Å². The molecule has 3 heterocycles. The molecule has 1 aliphatic carbocycles. The fourth-order valence-corrected chi connectivity index (χ4v) is 5.09. The molecule has 1 atom stereocenters. The number of carbonyl (C=O) groups excluding carboxylic acids is 1. The van der Waals surface area contributed by atoms with E-state index in [4.69, 9.17) is 0 Å². The molecule has 28 heavy (non-hydrogen) atoms.